The van der Waals surface area contributed by atoms with Crippen molar-refractivity contribution in [3.63, 3.8) is 0 Å². The van der Waals surface area contributed by atoms with Gasteiger partial charge in [-0.05, 0) is 17.7 Å². The van der Waals surface area contributed by atoms with Gasteiger partial charge in [0, 0.05) is 5.56 Å². The number of hydrogen-bond acceptors (Lipinski definition) is 1. The maximum atomic E-state index is 13.8. The molecule has 0 heterocycles. The van der Waals surface area contributed by atoms with Crippen LogP contribution in [0.25, 0.3) is 0 Å². The lowest BCUT2D eigenvalue weighted by Gasteiger charge is -2.30. The number of rotatable bonds is 4. The average Bonchev–Trinajstić information content (AvgIpc) is 2.51. The van der Waals surface area contributed by atoms with Crippen molar-refractivity contribution >= 4 is 0 Å². The molecule has 2 aromatic carbocycles. The third kappa shape index (κ3) is 3.47. The fourth-order valence-corrected chi connectivity index (χ4v) is 2.01. The average molecular weight is 352 g/mol. The highest BCUT2D eigenvalue weighted by Crippen LogP contribution is 2.53. The van der Waals surface area contributed by atoms with E-state index in [0.717, 1.165) is 17.7 Å². The second-order valence-corrected chi connectivity index (χ2v) is 4.95. The Hall–Kier alpha value is -2.25. The minimum Gasteiger partial charge on any atom is -0.489 e. The first-order valence-electron chi connectivity index (χ1n) is 6.65. The monoisotopic (exact) mass is 352 g/mol. The van der Waals surface area contributed by atoms with E-state index in [4.69, 9.17) is 4.74 Å². The number of halogens is 7. The van der Waals surface area contributed by atoms with E-state index in [1.165, 1.54) is 0 Å². The van der Waals surface area contributed by atoms with E-state index in [-0.39, 0.29) is 12.4 Å². The summed E-state index contributed by atoms with van der Waals surface area (Å²) in [5.41, 5.74) is -6.22. The predicted octanol–water partition coefficient (Wildman–Crippen LogP) is 5.56. The molecule has 1 nitrogen and oxygen atoms in total. The van der Waals surface area contributed by atoms with Gasteiger partial charge in [-0.25, -0.2) is 4.39 Å². The van der Waals surface area contributed by atoms with Gasteiger partial charge >= 0.3 is 18.0 Å². The molecule has 0 atom stereocenters. The van der Waals surface area contributed by atoms with Gasteiger partial charge in [-0.1, -0.05) is 42.5 Å². The van der Waals surface area contributed by atoms with Crippen molar-refractivity contribution in [3.05, 3.63) is 65.7 Å². The minimum atomic E-state index is -6.13. The number of ether oxygens (including phenoxy) is 1. The molecule has 130 valence electrons. The Bertz CT molecular complexity index is 646. The van der Waals surface area contributed by atoms with Crippen molar-refractivity contribution in [2.24, 2.45) is 0 Å². The first-order valence-corrected chi connectivity index (χ1v) is 6.65. The summed E-state index contributed by atoms with van der Waals surface area (Å²) in [4.78, 5) is 0. The van der Waals surface area contributed by atoms with Crippen LogP contribution in [0.1, 0.15) is 11.1 Å². The highest BCUT2D eigenvalue weighted by molar-refractivity contribution is 5.33. The molecular weight excluding hydrogens is 341 g/mol. The van der Waals surface area contributed by atoms with Crippen LogP contribution >= 0.6 is 0 Å². The smallest absolute Gasteiger partial charge is 0.435 e. The molecule has 0 aliphatic rings. The molecule has 24 heavy (non-hydrogen) atoms. The van der Waals surface area contributed by atoms with E-state index < -0.39 is 23.6 Å². The first kappa shape index (κ1) is 18.1. The molecule has 0 aromatic heterocycles. The molecule has 0 spiro atoms. The molecule has 8 heteroatoms. The Morgan fingerprint density at radius 3 is 1.62 bits per heavy atom. The van der Waals surface area contributed by atoms with Crippen LogP contribution in [0.5, 0.6) is 5.75 Å². The molecule has 0 bridgehead atoms. The summed E-state index contributed by atoms with van der Waals surface area (Å²) in [6.07, 6.45) is -12.3. The fraction of sp³-hybridized carbons (Fsp3) is 0.250. The minimum absolute atomic E-state index is 0.0225. The topological polar surface area (TPSA) is 9.23 Å². The highest BCUT2D eigenvalue weighted by Gasteiger charge is 2.73. The molecule has 0 fully saturated rings. The van der Waals surface area contributed by atoms with Crippen LogP contribution in [0, 0.1) is 0 Å². The summed E-state index contributed by atoms with van der Waals surface area (Å²) in [6, 6.07) is 11.3. The van der Waals surface area contributed by atoms with Crippen LogP contribution in [-0.4, -0.2) is 12.4 Å². The molecule has 2 aromatic rings. The molecular formula is C16H11F7O. The van der Waals surface area contributed by atoms with Crippen LogP contribution < -0.4 is 4.74 Å². The van der Waals surface area contributed by atoms with Crippen molar-refractivity contribution in [1.29, 1.82) is 0 Å². The van der Waals surface area contributed by atoms with Gasteiger partial charge in [0.1, 0.15) is 12.4 Å². The van der Waals surface area contributed by atoms with Gasteiger partial charge in [0.05, 0.1) is 0 Å². The van der Waals surface area contributed by atoms with Gasteiger partial charge in [-0.15, -0.1) is 0 Å². The lowest BCUT2D eigenvalue weighted by atomic mass is 9.94. The Kier molecular flexibility index (Phi) is 4.77. The molecule has 0 aliphatic heterocycles. The van der Waals surface area contributed by atoms with Crippen molar-refractivity contribution in [2.45, 2.75) is 24.6 Å². The lowest BCUT2D eigenvalue weighted by Crippen LogP contribution is -2.50. The third-order valence-electron chi connectivity index (χ3n) is 3.28. The van der Waals surface area contributed by atoms with Gasteiger partial charge in [0.15, 0.2) is 0 Å². The Morgan fingerprint density at radius 1 is 0.667 bits per heavy atom. The SMILES string of the molecule is FC(F)(F)C(F)(c1ccc(OCc2ccccc2)cc1)C(F)(F)F. The van der Waals surface area contributed by atoms with E-state index >= 15 is 0 Å². The Balaban J connectivity index is 2.21. The van der Waals surface area contributed by atoms with E-state index in [0.29, 0.717) is 12.1 Å². The summed E-state index contributed by atoms with van der Waals surface area (Å²) in [5.74, 6) is 0.0225. The zero-order chi connectivity index (χ0) is 18.0. The van der Waals surface area contributed by atoms with Crippen molar-refractivity contribution in [3.8, 4) is 5.75 Å². The molecule has 0 radical (unpaired) electrons. The van der Waals surface area contributed by atoms with E-state index in [2.05, 4.69) is 0 Å². The van der Waals surface area contributed by atoms with E-state index in [9.17, 15) is 30.7 Å². The van der Waals surface area contributed by atoms with Gasteiger partial charge in [0.25, 0.3) is 0 Å². The summed E-state index contributed by atoms with van der Waals surface area (Å²) in [5, 5.41) is 0. The summed E-state index contributed by atoms with van der Waals surface area (Å²) >= 11 is 0. The predicted molar refractivity (Wildman–Crippen MR) is 72.1 cm³/mol. The van der Waals surface area contributed by atoms with Gasteiger partial charge in [-0.3, -0.25) is 0 Å². The quantitative estimate of drug-likeness (QED) is 0.655. The van der Waals surface area contributed by atoms with Crippen LogP contribution in [0.15, 0.2) is 54.6 Å². The number of benzene rings is 2. The largest absolute Gasteiger partial charge is 0.489 e. The molecule has 2 rings (SSSR count). The number of hydrogen-bond donors (Lipinski definition) is 0. The van der Waals surface area contributed by atoms with Crippen LogP contribution in [0.3, 0.4) is 0 Å². The maximum absolute atomic E-state index is 13.8. The summed E-state index contributed by atoms with van der Waals surface area (Å²) in [7, 11) is 0. The Labute approximate surface area is 132 Å². The maximum Gasteiger partial charge on any atom is 0.435 e. The normalized spacial score (nSPS) is 13.0. The highest BCUT2D eigenvalue weighted by atomic mass is 19.4. The van der Waals surface area contributed by atoms with Crippen LogP contribution in [0.2, 0.25) is 0 Å². The standard InChI is InChI=1S/C16H11F7O/c17-14(15(18,19)20,16(21,22)23)12-6-8-13(9-7-12)24-10-11-4-2-1-3-5-11/h1-9H,10H2. The molecule has 0 saturated heterocycles. The Morgan fingerprint density at radius 2 is 1.17 bits per heavy atom. The van der Waals surface area contributed by atoms with E-state index in [1.54, 1.807) is 30.3 Å². The zero-order valence-corrected chi connectivity index (χ0v) is 12.0. The molecule has 0 unspecified atom stereocenters. The van der Waals surface area contributed by atoms with Gasteiger partial charge < -0.3 is 4.74 Å². The number of alkyl halides is 7. The summed E-state index contributed by atoms with van der Waals surface area (Å²) in [6.45, 7) is 0.0689. The van der Waals surface area contributed by atoms with Crippen molar-refractivity contribution in [1.82, 2.24) is 0 Å². The second-order valence-electron chi connectivity index (χ2n) is 4.95. The first-order chi connectivity index (χ1) is 11.1. The molecule has 0 amide bonds. The summed E-state index contributed by atoms with van der Waals surface area (Å²) < 4.78 is 94.9. The molecule has 0 aliphatic carbocycles. The lowest BCUT2D eigenvalue weighted by molar-refractivity contribution is -0.348. The van der Waals surface area contributed by atoms with Gasteiger partial charge in [-0.2, -0.15) is 26.3 Å². The van der Waals surface area contributed by atoms with Crippen molar-refractivity contribution < 1.29 is 35.5 Å². The molecule has 0 saturated carbocycles. The van der Waals surface area contributed by atoms with Gasteiger partial charge in [0.2, 0.25) is 0 Å². The van der Waals surface area contributed by atoms with Crippen LogP contribution in [0.4, 0.5) is 30.7 Å². The molecule has 0 N–H and O–H groups in total. The van der Waals surface area contributed by atoms with Crippen LogP contribution in [-0.2, 0) is 12.3 Å². The third-order valence-corrected chi connectivity index (χ3v) is 3.28. The zero-order valence-electron chi connectivity index (χ0n) is 12.0. The van der Waals surface area contributed by atoms with Crippen molar-refractivity contribution in [2.75, 3.05) is 0 Å². The fourth-order valence-electron chi connectivity index (χ4n) is 2.01. The second kappa shape index (κ2) is 6.33. The van der Waals surface area contributed by atoms with E-state index in [1.807, 2.05) is 0 Å².